The number of hydrogen-bond acceptors (Lipinski definition) is 3. The number of imide groups is 1. The number of thiocarbonyl (C=S) groups is 1. The van der Waals surface area contributed by atoms with E-state index in [1.807, 2.05) is 44.2 Å². The fourth-order valence-electron chi connectivity index (χ4n) is 2.34. The number of hydrazine groups is 1. The second kappa shape index (κ2) is 6.09. The molecule has 3 N–H and O–H groups in total. The third-order valence-corrected chi connectivity index (χ3v) is 3.67. The van der Waals surface area contributed by atoms with Crippen molar-refractivity contribution in [3.05, 3.63) is 35.9 Å². The largest absolute Gasteiger partial charge is 0.362 e. The standard InChI is InChI=1S/C14H18N4O2S/c1-3-14(10-8-6-5-7-9-10)11(19)18(13(20)16-14)17-12(21)15-4-2/h5-9H,3-4H2,1-2H3,(H,16,20)(H2,15,17,21)/t14-/m0/s1. The van der Waals surface area contributed by atoms with Gasteiger partial charge in [-0.3, -0.25) is 10.2 Å². The van der Waals surface area contributed by atoms with Gasteiger partial charge in [-0.25, -0.2) is 4.79 Å². The number of benzene rings is 1. The van der Waals surface area contributed by atoms with Crippen molar-refractivity contribution in [2.24, 2.45) is 0 Å². The van der Waals surface area contributed by atoms with E-state index in [1.165, 1.54) is 0 Å². The Labute approximate surface area is 128 Å². The van der Waals surface area contributed by atoms with Crippen molar-refractivity contribution in [1.29, 1.82) is 0 Å². The van der Waals surface area contributed by atoms with Gasteiger partial charge in [0.1, 0.15) is 5.54 Å². The number of nitrogens with one attached hydrogen (secondary N) is 3. The minimum Gasteiger partial charge on any atom is -0.362 e. The second-order valence-corrected chi connectivity index (χ2v) is 5.08. The molecule has 3 amide bonds. The molecule has 1 aromatic carbocycles. The number of carbonyl (C=O) groups excluding carboxylic acids is 2. The molecule has 1 saturated heterocycles. The molecule has 1 aromatic rings. The van der Waals surface area contributed by atoms with Gasteiger partial charge in [-0.2, -0.15) is 5.01 Å². The molecule has 1 fully saturated rings. The van der Waals surface area contributed by atoms with Crippen LogP contribution in [0.2, 0.25) is 0 Å². The predicted molar refractivity (Wildman–Crippen MR) is 83.2 cm³/mol. The van der Waals surface area contributed by atoms with Crippen LogP contribution in [0.25, 0.3) is 0 Å². The summed E-state index contributed by atoms with van der Waals surface area (Å²) in [5.74, 6) is -0.360. The molecular formula is C14H18N4O2S. The quantitative estimate of drug-likeness (QED) is 0.576. The Morgan fingerprint density at radius 1 is 1.29 bits per heavy atom. The van der Waals surface area contributed by atoms with Crippen molar-refractivity contribution in [2.75, 3.05) is 6.54 Å². The minimum atomic E-state index is -1.05. The molecule has 1 aliphatic rings. The van der Waals surface area contributed by atoms with Gasteiger partial charge in [-0.05, 0) is 31.1 Å². The Hall–Kier alpha value is -2.15. The van der Waals surface area contributed by atoms with Crippen LogP contribution in [0.3, 0.4) is 0 Å². The van der Waals surface area contributed by atoms with E-state index in [-0.39, 0.29) is 11.0 Å². The molecule has 6 nitrogen and oxygen atoms in total. The lowest BCUT2D eigenvalue weighted by atomic mass is 9.87. The highest BCUT2D eigenvalue weighted by Crippen LogP contribution is 2.31. The van der Waals surface area contributed by atoms with Crippen LogP contribution in [-0.2, 0) is 10.3 Å². The summed E-state index contributed by atoms with van der Waals surface area (Å²) in [6.07, 6.45) is 0.452. The fourth-order valence-corrected chi connectivity index (χ4v) is 2.58. The molecule has 0 saturated carbocycles. The highest BCUT2D eigenvalue weighted by Gasteiger charge is 2.51. The van der Waals surface area contributed by atoms with Crippen LogP contribution in [0.15, 0.2) is 30.3 Å². The van der Waals surface area contributed by atoms with Crippen molar-refractivity contribution in [3.63, 3.8) is 0 Å². The lowest BCUT2D eigenvalue weighted by Crippen LogP contribution is -2.51. The van der Waals surface area contributed by atoms with E-state index in [1.54, 1.807) is 0 Å². The van der Waals surface area contributed by atoms with Crippen LogP contribution in [-0.4, -0.2) is 28.6 Å². The summed E-state index contributed by atoms with van der Waals surface area (Å²) in [6, 6.07) is 8.69. The number of hydrogen-bond donors (Lipinski definition) is 3. The number of nitrogens with zero attached hydrogens (tertiary/aromatic N) is 1. The normalized spacial score (nSPS) is 21.1. The highest BCUT2D eigenvalue weighted by atomic mass is 32.1. The Kier molecular flexibility index (Phi) is 4.42. The number of urea groups is 1. The van der Waals surface area contributed by atoms with E-state index >= 15 is 0 Å². The van der Waals surface area contributed by atoms with Gasteiger partial charge in [-0.15, -0.1) is 0 Å². The van der Waals surface area contributed by atoms with Gasteiger partial charge in [0.2, 0.25) is 0 Å². The van der Waals surface area contributed by atoms with Crippen molar-refractivity contribution in [1.82, 2.24) is 21.1 Å². The zero-order valence-corrected chi connectivity index (χ0v) is 12.8. The molecule has 0 spiro atoms. The smallest absolute Gasteiger partial charge is 0.344 e. The van der Waals surface area contributed by atoms with Gasteiger partial charge in [0.25, 0.3) is 5.91 Å². The summed E-state index contributed by atoms with van der Waals surface area (Å²) in [4.78, 5) is 24.8. The third kappa shape index (κ3) is 2.69. The SMILES string of the molecule is CCNC(=S)NN1C(=O)N[C@@](CC)(c2ccccc2)C1=O. The van der Waals surface area contributed by atoms with E-state index in [0.29, 0.717) is 13.0 Å². The Morgan fingerprint density at radius 3 is 2.52 bits per heavy atom. The van der Waals surface area contributed by atoms with E-state index in [9.17, 15) is 9.59 Å². The summed E-state index contributed by atoms with van der Waals surface area (Å²) in [7, 11) is 0. The van der Waals surface area contributed by atoms with E-state index in [2.05, 4.69) is 16.1 Å². The highest BCUT2D eigenvalue weighted by molar-refractivity contribution is 7.80. The first-order valence-electron chi connectivity index (χ1n) is 6.82. The average Bonchev–Trinajstić information content (AvgIpc) is 2.73. The van der Waals surface area contributed by atoms with Crippen LogP contribution < -0.4 is 16.1 Å². The van der Waals surface area contributed by atoms with Gasteiger partial charge < -0.3 is 10.6 Å². The predicted octanol–water partition coefficient (Wildman–Crippen LogP) is 1.24. The molecule has 7 heteroatoms. The first-order chi connectivity index (χ1) is 10.0. The summed E-state index contributed by atoms with van der Waals surface area (Å²) in [5, 5.41) is 6.78. The van der Waals surface area contributed by atoms with Crippen molar-refractivity contribution in [2.45, 2.75) is 25.8 Å². The molecule has 1 heterocycles. The Morgan fingerprint density at radius 2 is 1.95 bits per heavy atom. The molecule has 21 heavy (non-hydrogen) atoms. The second-order valence-electron chi connectivity index (χ2n) is 4.67. The monoisotopic (exact) mass is 306 g/mol. The maximum absolute atomic E-state index is 12.7. The van der Waals surface area contributed by atoms with E-state index < -0.39 is 11.6 Å². The summed E-state index contributed by atoms with van der Waals surface area (Å²) in [5.41, 5.74) is 2.34. The summed E-state index contributed by atoms with van der Waals surface area (Å²) >= 11 is 5.03. The van der Waals surface area contributed by atoms with Gasteiger partial charge in [0, 0.05) is 6.54 Å². The molecule has 1 aliphatic heterocycles. The molecule has 112 valence electrons. The zero-order valence-electron chi connectivity index (χ0n) is 12.0. The molecule has 0 radical (unpaired) electrons. The summed E-state index contributed by atoms with van der Waals surface area (Å²) in [6.45, 7) is 4.34. The van der Waals surface area contributed by atoms with Crippen molar-refractivity contribution in [3.8, 4) is 0 Å². The van der Waals surface area contributed by atoms with Gasteiger partial charge in [0.15, 0.2) is 5.11 Å². The van der Waals surface area contributed by atoms with Crippen LogP contribution in [0, 0.1) is 0 Å². The van der Waals surface area contributed by atoms with Crippen LogP contribution in [0.1, 0.15) is 25.8 Å². The average molecular weight is 306 g/mol. The van der Waals surface area contributed by atoms with Gasteiger partial charge >= 0.3 is 6.03 Å². The van der Waals surface area contributed by atoms with Crippen molar-refractivity contribution < 1.29 is 9.59 Å². The maximum Gasteiger partial charge on any atom is 0.344 e. The van der Waals surface area contributed by atoms with Crippen LogP contribution in [0.5, 0.6) is 0 Å². The van der Waals surface area contributed by atoms with Gasteiger partial charge in [0.05, 0.1) is 0 Å². The third-order valence-electron chi connectivity index (χ3n) is 3.44. The maximum atomic E-state index is 12.7. The molecule has 0 aromatic heterocycles. The van der Waals surface area contributed by atoms with Gasteiger partial charge in [-0.1, -0.05) is 37.3 Å². The lowest BCUT2D eigenvalue weighted by molar-refractivity contribution is -0.133. The molecular weight excluding hydrogens is 288 g/mol. The first-order valence-corrected chi connectivity index (χ1v) is 7.22. The molecule has 0 unspecified atom stereocenters. The lowest BCUT2D eigenvalue weighted by Gasteiger charge is -2.25. The summed E-state index contributed by atoms with van der Waals surface area (Å²) < 4.78 is 0. The molecule has 2 rings (SSSR count). The van der Waals surface area contributed by atoms with E-state index in [0.717, 1.165) is 10.6 Å². The number of rotatable bonds is 4. The molecule has 0 bridgehead atoms. The van der Waals surface area contributed by atoms with Crippen LogP contribution in [0.4, 0.5) is 4.79 Å². The topological polar surface area (TPSA) is 73.5 Å². The number of amides is 3. The Bertz CT molecular complexity index is 563. The minimum absolute atomic E-state index is 0.237. The molecule has 0 aliphatic carbocycles. The Balaban J connectivity index is 2.29. The van der Waals surface area contributed by atoms with Crippen LogP contribution >= 0.6 is 12.2 Å². The molecule has 1 atom stereocenters. The number of carbonyl (C=O) groups is 2. The zero-order chi connectivity index (χ0) is 15.5. The first kappa shape index (κ1) is 15.2. The fraction of sp³-hybridized carbons (Fsp3) is 0.357. The van der Waals surface area contributed by atoms with Crippen molar-refractivity contribution >= 4 is 29.3 Å². The van der Waals surface area contributed by atoms with E-state index in [4.69, 9.17) is 12.2 Å².